The number of hydrogen-bond acceptors (Lipinski definition) is 7. The molecule has 1 aliphatic heterocycles. The highest BCUT2D eigenvalue weighted by atomic mass is 16.5. The average Bonchev–Trinajstić information content (AvgIpc) is 2.83. The molecule has 0 radical (unpaired) electrons. The monoisotopic (exact) mass is 349 g/mol. The van der Waals surface area contributed by atoms with E-state index in [4.69, 9.17) is 15.2 Å². The number of anilines is 2. The molecular weight excluding hydrogens is 330 g/mol. The van der Waals surface area contributed by atoms with Crippen molar-refractivity contribution in [2.45, 2.75) is 19.6 Å². The third-order valence-electron chi connectivity index (χ3n) is 4.05. The van der Waals surface area contributed by atoms with Crippen LogP contribution in [0.2, 0.25) is 0 Å². The largest absolute Gasteiger partial charge is 0.462 e. The molecule has 1 unspecified atom stereocenters. The van der Waals surface area contributed by atoms with Gasteiger partial charge in [-0.1, -0.05) is 48.4 Å². The molecule has 0 aliphatic carbocycles. The zero-order chi connectivity index (χ0) is 17.9. The van der Waals surface area contributed by atoms with Gasteiger partial charge in [-0.25, -0.2) is 0 Å². The second kappa shape index (κ2) is 6.87. The highest BCUT2D eigenvalue weighted by Gasteiger charge is 2.27. The summed E-state index contributed by atoms with van der Waals surface area (Å²) in [5.74, 6) is 0.358. The van der Waals surface area contributed by atoms with Crippen LogP contribution in [0.25, 0.3) is 11.3 Å². The first kappa shape index (κ1) is 16.1. The predicted molar refractivity (Wildman–Crippen MR) is 98.9 cm³/mol. The van der Waals surface area contributed by atoms with E-state index in [-0.39, 0.29) is 6.01 Å². The summed E-state index contributed by atoms with van der Waals surface area (Å²) in [5.41, 5.74) is 9.90. The number of ether oxygens (including phenoxy) is 2. The first-order valence-corrected chi connectivity index (χ1v) is 8.50. The smallest absolute Gasteiger partial charge is 0.339 e. The molecule has 0 bridgehead atoms. The van der Waals surface area contributed by atoms with Crippen LogP contribution in [0.4, 0.5) is 11.4 Å². The molecule has 1 aromatic heterocycles. The maximum absolute atomic E-state index is 6.14. The Kier molecular flexibility index (Phi) is 4.27. The van der Waals surface area contributed by atoms with Gasteiger partial charge in [-0.2, -0.15) is 4.98 Å². The summed E-state index contributed by atoms with van der Waals surface area (Å²) in [4.78, 5) is 4.42. The summed E-state index contributed by atoms with van der Waals surface area (Å²) in [7, 11) is 0. The van der Waals surface area contributed by atoms with E-state index >= 15 is 0 Å². The van der Waals surface area contributed by atoms with Gasteiger partial charge in [-0.3, -0.25) is 0 Å². The minimum absolute atomic E-state index is 0.199. The number of nitrogens with one attached hydrogen (secondary N) is 1. The molecule has 7 heteroatoms. The van der Waals surface area contributed by atoms with Crippen LogP contribution in [0.1, 0.15) is 25.1 Å². The molecule has 3 aromatic rings. The lowest BCUT2D eigenvalue weighted by atomic mass is 10.1. The highest BCUT2D eigenvalue weighted by molar-refractivity contribution is 5.79. The van der Waals surface area contributed by atoms with Gasteiger partial charge in [0.25, 0.3) is 0 Å². The molecule has 26 heavy (non-hydrogen) atoms. The average molecular weight is 349 g/mol. The maximum Gasteiger partial charge on any atom is 0.339 e. The van der Waals surface area contributed by atoms with Crippen molar-refractivity contribution in [3.8, 4) is 23.1 Å². The number of rotatable bonds is 4. The summed E-state index contributed by atoms with van der Waals surface area (Å²) >= 11 is 0. The Balaban J connectivity index is 1.81. The second-order valence-electron chi connectivity index (χ2n) is 5.91. The number of nitrogen functional groups attached to an aromatic ring is 1. The van der Waals surface area contributed by atoms with Crippen molar-refractivity contribution in [2.75, 3.05) is 17.7 Å². The maximum atomic E-state index is 6.14. The van der Waals surface area contributed by atoms with Crippen LogP contribution >= 0.6 is 0 Å². The Bertz CT molecular complexity index is 931. The Morgan fingerprint density at radius 2 is 1.92 bits per heavy atom. The zero-order valence-electron chi connectivity index (χ0n) is 14.3. The van der Waals surface area contributed by atoms with Gasteiger partial charge in [0.1, 0.15) is 0 Å². The van der Waals surface area contributed by atoms with Gasteiger partial charge in [0.2, 0.25) is 5.88 Å². The van der Waals surface area contributed by atoms with Crippen LogP contribution in [-0.4, -0.2) is 21.8 Å². The second-order valence-corrected chi connectivity index (χ2v) is 5.91. The lowest BCUT2D eigenvalue weighted by molar-refractivity contribution is 0.219. The fraction of sp³-hybridized carbons (Fsp3) is 0.211. The first-order chi connectivity index (χ1) is 12.8. The molecule has 2 aromatic carbocycles. The molecule has 0 saturated heterocycles. The number of nitrogens with zero attached hydrogens (tertiary/aromatic N) is 3. The van der Waals surface area contributed by atoms with E-state index in [2.05, 4.69) is 20.5 Å². The molecule has 0 spiro atoms. The lowest BCUT2D eigenvalue weighted by Crippen LogP contribution is -2.18. The molecule has 132 valence electrons. The van der Waals surface area contributed by atoms with Crippen molar-refractivity contribution < 1.29 is 9.47 Å². The summed E-state index contributed by atoms with van der Waals surface area (Å²) in [5, 5.41) is 11.7. The quantitative estimate of drug-likeness (QED) is 0.697. The number of para-hydroxylation sites is 2. The van der Waals surface area contributed by atoms with E-state index in [0.717, 1.165) is 23.2 Å². The number of aromatic nitrogens is 3. The van der Waals surface area contributed by atoms with Gasteiger partial charge in [-0.15, -0.1) is 5.10 Å². The normalized spacial score (nSPS) is 15.0. The van der Waals surface area contributed by atoms with Crippen molar-refractivity contribution in [1.82, 2.24) is 15.2 Å². The van der Waals surface area contributed by atoms with Crippen molar-refractivity contribution >= 4 is 11.4 Å². The van der Waals surface area contributed by atoms with Gasteiger partial charge < -0.3 is 20.5 Å². The van der Waals surface area contributed by atoms with E-state index < -0.39 is 6.23 Å². The molecule has 0 saturated carbocycles. The van der Waals surface area contributed by atoms with Gasteiger partial charge in [0.15, 0.2) is 11.9 Å². The summed E-state index contributed by atoms with van der Waals surface area (Å²) in [6.45, 7) is 2.53. The molecule has 1 aliphatic rings. The predicted octanol–water partition coefficient (Wildman–Crippen LogP) is 3.41. The van der Waals surface area contributed by atoms with Crippen molar-refractivity contribution in [3.63, 3.8) is 0 Å². The lowest BCUT2D eigenvalue weighted by Gasteiger charge is -2.20. The topological polar surface area (TPSA) is 95.2 Å². The first-order valence-electron chi connectivity index (χ1n) is 8.50. The van der Waals surface area contributed by atoms with E-state index in [1.54, 1.807) is 0 Å². The highest BCUT2D eigenvalue weighted by Crippen LogP contribution is 2.40. The van der Waals surface area contributed by atoms with Crippen LogP contribution in [0.5, 0.6) is 11.9 Å². The number of benzene rings is 2. The van der Waals surface area contributed by atoms with Crippen molar-refractivity contribution in [1.29, 1.82) is 0 Å². The molecule has 2 heterocycles. The fourth-order valence-corrected chi connectivity index (χ4v) is 2.79. The fourth-order valence-electron chi connectivity index (χ4n) is 2.79. The van der Waals surface area contributed by atoms with Crippen molar-refractivity contribution in [2.24, 2.45) is 0 Å². The Hall–Kier alpha value is -3.35. The van der Waals surface area contributed by atoms with Crippen molar-refractivity contribution in [3.05, 3.63) is 54.1 Å². The van der Waals surface area contributed by atoms with Crippen LogP contribution in [0.3, 0.4) is 0 Å². The minimum Gasteiger partial charge on any atom is -0.462 e. The standard InChI is InChI=1S/C19H19N5O2/c1-2-11-25-19-22-18-16(23-24-19)13-8-4-6-10-15(13)21-17(26-18)12-7-3-5-9-14(12)20/h3-10,17,21H,2,11,20H2,1H3. The Labute approximate surface area is 151 Å². The number of hydrogen-bond donors (Lipinski definition) is 2. The van der Waals surface area contributed by atoms with E-state index in [1.165, 1.54) is 0 Å². The van der Waals surface area contributed by atoms with Gasteiger partial charge in [-0.05, 0) is 18.6 Å². The molecule has 0 amide bonds. The van der Waals surface area contributed by atoms with Crippen LogP contribution in [-0.2, 0) is 0 Å². The molecule has 4 rings (SSSR count). The van der Waals surface area contributed by atoms with Crippen LogP contribution < -0.4 is 20.5 Å². The summed E-state index contributed by atoms with van der Waals surface area (Å²) < 4.78 is 11.6. The zero-order valence-corrected chi connectivity index (χ0v) is 14.3. The summed E-state index contributed by atoms with van der Waals surface area (Å²) in [6.07, 6.45) is 0.351. The molecular formula is C19H19N5O2. The third kappa shape index (κ3) is 2.99. The Morgan fingerprint density at radius 1 is 1.12 bits per heavy atom. The molecule has 1 atom stereocenters. The van der Waals surface area contributed by atoms with E-state index in [9.17, 15) is 0 Å². The van der Waals surface area contributed by atoms with E-state index in [1.807, 2.05) is 55.5 Å². The Morgan fingerprint density at radius 3 is 2.77 bits per heavy atom. The number of nitrogens with two attached hydrogens (primary N) is 1. The van der Waals surface area contributed by atoms with Gasteiger partial charge >= 0.3 is 6.01 Å². The summed E-state index contributed by atoms with van der Waals surface area (Å²) in [6, 6.07) is 15.6. The third-order valence-corrected chi connectivity index (χ3v) is 4.05. The molecule has 7 nitrogen and oxygen atoms in total. The molecule has 3 N–H and O–H groups in total. The van der Waals surface area contributed by atoms with E-state index in [0.29, 0.717) is 23.9 Å². The van der Waals surface area contributed by atoms with Crippen LogP contribution in [0.15, 0.2) is 48.5 Å². The van der Waals surface area contributed by atoms with Crippen LogP contribution in [0, 0.1) is 0 Å². The number of fused-ring (bicyclic) bond motifs is 3. The van der Waals surface area contributed by atoms with Gasteiger partial charge in [0.05, 0.1) is 6.61 Å². The minimum atomic E-state index is -0.505. The van der Waals surface area contributed by atoms with Gasteiger partial charge in [0, 0.05) is 22.5 Å². The molecule has 0 fully saturated rings. The SMILES string of the molecule is CCCOc1nnc2c(n1)OC(c1ccccc1N)Nc1ccccc1-2.